The van der Waals surface area contributed by atoms with Crippen LogP contribution in [0.1, 0.15) is 5.69 Å². The van der Waals surface area contributed by atoms with Crippen molar-refractivity contribution < 1.29 is 4.92 Å². The van der Waals surface area contributed by atoms with Crippen LogP contribution in [0.25, 0.3) is 5.69 Å². The number of nitrogen functional groups attached to an aromatic ring is 1. The third-order valence-corrected chi connectivity index (χ3v) is 2.62. The Hall–Kier alpha value is -2.15. The van der Waals surface area contributed by atoms with Gasteiger partial charge in [-0.05, 0) is 19.1 Å². The molecule has 0 aliphatic rings. The summed E-state index contributed by atoms with van der Waals surface area (Å²) in [5.41, 5.74) is 6.47. The molecule has 0 unspecified atom stereocenters. The lowest BCUT2D eigenvalue weighted by Crippen LogP contribution is -2.01. The molecule has 17 heavy (non-hydrogen) atoms. The zero-order chi connectivity index (χ0) is 12.6. The highest BCUT2D eigenvalue weighted by atomic mass is 35.5. The van der Waals surface area contributed by atoms with Gasteiger partial charge in [0.15, 0.2) is 5.82 Å². The molecule has 2 aromatic rings. The Labute approximate surface area is 101 Å². The second kappa shape index (κ2) is 4.02. The van der Waals surface area contributed by atoms with Crippen LogP contribution in [0.5, 0.6) is 0 Å². The van der Waals surface area contributed by atoms with E-state index in [1.807, 2.05) is 0 Å². The van der Waals surface area contributed by atoms with Gasteiger partial charge in [0.25, 0.3) is 5.69 Å². The van der Waals surface area contributed by atoms with E-state index in [1.54, 1.807) is 13.0 Å². The van der Waals surface area contributed by atoms with Crippen molar-refractivity contribution in [3.8, 4) is 5.69 Å². The van der Waals surface area contributed by atoms with Crippen LogP contribution in [-0.4, -0.2) is 19.9 Å². The summed E-state index contributed by atoms with van der Waals surface area (Å²) in [6.07, 6.45) is 0. The Morgan fingerprint density at radius 1 is 1.53 bits per heavy atom. The van der Waals surface area contributed by atoms with Crippen LogP contribution in [0.15, 0.2) is 18.2 Å². The third-order valence-electron chi connectivity index (χ3n) is 2.30. The summed E-state index contributed by atoms with van der Waals surface area (Å²) in [6.45, 7) is 1.72. The van der Waals surface area contributed by atoms with Gasteiger partial charge < -0.3 is 5.73 Å². The van der Waals surface area contributed by atoms with Gasteiger partial charge in [0.2, 0.25) is 0 Å². The van der Waals surface area contributed by atoms with Gasteiger partial charge >= 0.3 is 0 Å². The molecule has 2 rings (SSSR count). The number of benzene rings is 1. The normalized spacial score (nSPS) is 10.5. The highest BCUT2D eigenvalue weighted by molar-refractivity contribution is 6.32. The predicted molar refractivity (Wildman–Crippen MR) is 62.2 cm³/mol. The van der Waals surface area contributed by atoms with Crippen molar-refractivity contribution in [2.75, 3.05) is 5.73 Å². The first-order chi connectivity index (χ1) is 8.00. The average Bonchev–Trinajstić information content (AvgIpc) is 2.60. The van der Waals surface area contributed by atoms with Gasteiger partial charge in [0.1, 0.15) is 5.02 Å². The fourth-order valence-electron chi connectivity index (χ4n) is 1.36. The quantitative estimate of drug-likeness (QED) is 0.649. The van der Waals surface area contributed by atoms with Crippen LogP contribution >= 0.6 is 11.6 Å². The zero-order valence-corrected chi connectivity index (χ0v) is 9.55. The lowest BCUT2D eigenvalue weighted by Gasteiger charge is -2.03. The van der Waals surface area contributed by atoms with Gasteiger partial charge in [0.05, 0.1) is 16.3 Å². The molecular weight excluding hydrogens is 246 g/mol. The van der Waals surface area contributed by atoms with E-state index in [-0.39, 0.29) is 16.5 Å². The van der Waals surface area contributed by atoms with Crippen LogP contribution in [0.4, 0.5) is 11.5 Å². The molecule has 1 aromatic carbocycles. The number of halogens is 1. The van der Waals surface area contributed by atoms with Gasteiger partial charge in [-0.3, -0.25) is 10.1 Å². The smallest absolute Gasteiger partial charge is 0.290 e. The van der Waals surface area contributed by atoms with Crippen LogP contribution in [-0.2, 0) is 0 Å². The van der Waals surface area contributed by atoms with Gasteiger partial charge in [0, 0.05) is 6.07 Å². The second-order valence-electron chi connectivity index (χ2n) is 3.36. The predicted octanol–water partition coefficient (Wildman–Crippen LogP) is 1.72. The molecule has 0 atom stereocenters. The van der Waals surface area contributed by atoms with Crippen LogP contribution < -0.4 is 5.73 Å². The van der Waals surface area contributed by atoms with Crippen molar-refractivity contribution in [3.63, 3.8) is 0 Å². The second-order valence-corrected chi connectivity index (χ2v) is 3.77. The van der Waals surface area contributed by atoms with Gasteiger partial charge in [-0.2, -0.15) is 0 Å². The van der Waals surface area contributed by atoms with Crippen LogP contribution in [0, 0.1) is 17.0 Å². The summed E-state index contributed by atoms with van der Waals surface area (Å²) in [5, 5.41) is 18.3. The molecule has 8 heteroatoms. The number of hydrogen-bond acceptors (Lipinski definition) is 5. The van der Waals surface area contributed by atoms with E-state index in [9.17, 15) is 10.1 Å². The van der Waals surface area contributed by atoms with Gasteiger partial charge in [-0.1, -0.05) is 16.8 Å². The SMILES string of the molecule is Cc1c(N)nnn1-c1ccc(Cl)c([N+](=O)[O-])c1. The number of rotatable bonds is 2. The van der Waals surface area contributed by atoms with E-state index in [1.165, 1.54) is 16.8 Å². The fourth-order valence-corrected chi connectivity index (χ4v) is 1.55. The van der Waals surface area contributed by atoms with E-state index in [2.05, 4.69) is 10.3 Å². The molecule has 0 radical (unpaired) electrons. The number of anilines is 1. The number of nitro groups is 1. The maximum atomic E-state index is 10.7. The summed E-state index contributed by atoms with van der Waals surface area (Å²) < 4.78 is 1.42. The maximum Gasteiger partial charge on any atom is 0.290 e. The minimum Gasteiger partial charge on any atom is -0.381 e. The van der Waals surface area contributed by atoms with Crippen LogP contribution in [0.3, 0.4) is 0 Å². The third kappa shape index (κ3) is 1.92. The Morgan fingerprint density at radius 2 is 2.24 bits per heavy atom. The Balaban J connectivity index is 2.58. The number of nitrogens with zero attached hydrogens (tertiary/aromatic N) is 4. The van der Waals surface area contributed by atoms with E-state index >= 15 is 0 Å². The zero-order valence-electron chi connectivity index (χ0n) is 8.79. The molecule has 0 aliphatic heterocycles. The van der Waals surface area contributed by atoms with Gasteiger partial charge in [-0.15, -0.1) is 5.10 Å². The molecular formula is C9H8ClN5O2. The topological polar surface area (TPSA) is 99.9 Å². The average molecular weight is 254 g/mol. The monoisotopic (exact) mass is 253 g/mol. The lowest BCUT2D eigenvalue weighted by atomic mass is 10.2. The number of aromatic nitrogens is 3. The van der Waals surface area contributed by atoms with Crippen molar-refractivity contribution >= 4 is 23.1 Å². The summed E-state index contributed by atoms with van der Waals surface area (Å²) in [7, 11) is 0. The van der Waals surface area contributed by atoms with E-state index < -0.39 is 4.92 Å². The number of nitro benzene ring substituents is 1. The minimum absolute atomic E-state index is 0.0736. The lowest BCUT2D eigenvalue weighted by molar-refractivity contribution is -0.384. The Kier molecular flexibility index (Phi) is 2.68. The molecule has 1 aromatic heterocycles. The molecule has 0 aliphatic carbocycles. The molecule has 2 N–H and O–H groups in total. The molecule has 0 fully saturated rings. The number of nitrogens with two attached hydrogens (primary N) is 1. The molecule has 0 amide bonds. The molecule has 0 spiro atoms. The van der Waals surface area contributed by atoms with E-state index in [0.29, 0.717) is 11.4 Å². The fraction of sp³-hybridized carbons (Fsp3) is 0.111. The van der Waals surface area contributed by atoms with Gasteiger partial charge in [-0.25, -0.2) is 4.68 Å². The first kappa shape index (κ1) is 11.3. The Bertz CT molecular complexity index is 595. The largest absolute Gasteiger partial charge is 0.381 e. The highest BCUT2D eigenvalue weighted by Crippen LogP contribution is 2.27. The summed E-state index contributed by atoms with van der Waals surface area (Å²) in [4.78, 5) is 10.2. The summed E-state index contributed by atoms with van der Waals surface area (Å²) in [6, 6.07) is 4.37. The molecule has 1 heterocycles. The standard InChI is InChI=1S/C9H8ClN5O2/c1-5-9(11)12-13-14(5)6-2-3-7(10)8(4-6)15(16)17/h2-4H,11H2,1H3. The first-order valence-corrected chi connectivity index (χ1v) is 5.00. The minimum atomic E-state index is -0.554. The first-order valence-electron chi connectivity index (χ1n) is 4.63. The van der Waals surface area contributed by atoms with Crippen molar-refractivity contribution in [2.24, 2.45) is 0 Å². The number of hydrogen-bond donors (Lipinski definition) is 1. The maximum absolute atomic E-state index is 10.7. The van der Waals surface area contributed by atoms with E-state index in [4.69, 9.17) is 17.3 Å². The molecule has 0 saturated heterocycles. The molecule has 88 valence electrons. The van der Waals surface area contributed by atoms with E-state index in [0.717, 1.165) is 0 Å². The van der Waals surface area contributed by atoms with Crippen molar-refractivity contribution in [1.82, 2.24) is 15.0 Å². The summed E-state index contributed by atoms with van der Waals surface area (Å²) in [5.74, 6) is 0.280. The Morgan fingerprint density at radius 3 is 2.76 bits per heavy atom. The molecule has 0 saturated carbocycles. The summed E-state index contributed by atoms with van der Waals surface area (Å²) >= 11 is 5.71. The van der Waals surface area contributed by atoms with Crippen molar-refractivity contribution in [2.45, 2.75) is 6.92 Å². The van der Waals surface area contributed by atoms with Crippen molar-refractivity contribution in [1.29, 1.82) is 0 Å². The van der Waals surface area contributed by atoms with Crippen LogP contribution in [0.2, 0.25) is 5.02 Å². The molecule has 0 bridgehead atoms. The highest BCUT2D eigenvalue weighted by Gasteiger charge is 2.15. The van der Waals surface area contributed by atoms with Crippen molar-refractivity contribution in [3.05, 3.63) is 39.0 Å². The molecule has 7 nitrogen and oxygen atoms in total.